The first-order valence-corrected chi connectivity index (χ1v) is 22.5. The van der Waals surface area contributed by atoms with Gasteiger partial charge in [-0.2, -0.15) is 8.78 Å². The van der Waals surface area contributed by atoms with Crippen molar-refractivity contribution in [3.8, 4) is 5.75 Å². The number of benzene rings is 3. The lowest BCUT2D eigenvalue weighted by Gasteiger charge is -2.60. The van der Waals surface area contributed by atoms with E-state index in [9.17, 15) is 28.0 Å². The molecular formula is C48H55F2O8S+. The molecule has 1 saturated heterocycles. The van der Waals surface area contributed by atoms with Crippen molar-refractivity contribution in [2.45, 2.75) is 124 Å². The maximum Gasteiger partial charge on any atom is 0.377 e. The van der Waals surface area contributed by atoms with E-state index in [2.05, 4.69) is 67.6 Å². The summed E-state index contributed by atoms with van der Waals surface area (Å²) in [6.07, 6.45) is 5.82. The molecule has 0 amide bonds. The summed E-state index contributed by atoms with van der Waals surface area (Å²) in [5.41, 5.74) is -0.978. The van der Waals surface area contributed by atoms with Crippen molar-refractivity contribution in [2.24, 2.45) is 52.8 Å². The van der Waals surface area contributed by atoms with E-state index in [0.717, 1.165) is 50.4 Å². The van der Waals surface area contributed by atoms with Crippen molar-refractivity contribution in [1.82, 2.24) is 0 Å². The van der Waals surface area contributed by atoms with E-state index < -0.39 is 64.8 Å². The summed E-state index contributed by atoms with van der Waals surface area (Å²) in [6.45, 7) is 8.37. The van der Waals surface area contributed by atoms with Crippen LogP contribution in [-0.2, 0) is 44.3 Å². The monoisotopic (exact) mass is 829 g/mol. The molecule has 314 valence electrons. The zero-order valence-corrected chi connectivity index (χ0v) is 35.3. The third-order valence-electron chi connectivity index (χ3n) is 14.4. The molecule has 8 nitrogen and oxygen atoms in total. The number of rotatable bonds is 11. The van der Waals surface area contributed by atoms with Crippen molar-refractivity contribution in [3.05, 3.63) is 84.9 Å². The van der Waals surface area contributed by atoms with Crippen molar-refractivity contribution in [3.63, 3.8) is 0 Å². The fourth-order valence-corrected chi connectivity index (χ4v) is 13.4. The highest BCUT2D eigenvalue weighted by Crippen LogP contribution is 2.63. The molecule has 1 aliphatic heterocycles. The zero-order chi connectivity index (χ0) is 41.9. The van der Waals surface area contributed by atoms with Crippen molar-refractivity contribution < 1.29 is 46.9 Å². The van der Waals surface area contributed by atoms with Gasteiger partial charge in [0.15, 0.2) is 14.7 Å². The van der Waals surface area contributed by atoms with Crippen LogP contribution in [0.15, 0.2) is 99.6 Å². The molecule has 6 saturated carbocycles. The van der Waals surface area contributed by atoms with E-state index in [1.165, 1.54) is 21.1 Å². The Bertz CT molecular complexity index is 1970. The first-order valence-electron chi connectivity index (χ1n) is 21.3. The minimum absolute atomic E-state index is 0.192. The molecule has 11 heteroatoms. The Balaban J connectivity index is 0.000000167. The van der Waals surface area contributed by atoms with Gasteiger partial charge in [-0.05, 0) is 137 Å². The maximum atomic E-state index is 13.6. The first-order chi connectivity index (χ1) is 28.1. The second-order valence-electron chi connectivity index (χ2n) is 18.3. The standard InChI is InChI=1S/C24H30F2O6.C24H25O2S/c1-3-24(12-5-10-4-11(7-12)8-13(24)6-10)32-21(28)17-15-9-14-16(17)20(27)30-18(14)19(15)31-22(29)23(2,25)26;1-4-24(2,3)23(25)26-19-15-17-22(18-16-19)27(20-11-7-5-8-12-20)21-13-9-6-10-14-21/h10-19H,3-9H2,1-2H3;5-18H,4H2,1-3H3/q;+1. The van der Waals surface area contributed by atoms with Gasteiger partial charge in [-0.3, -0.25) is 14.4 Å². The second kappa shape index (κ2) is 16.0. The zero-order valence-electron chi connectivity index (χ0n) is 34.4. The number of hydrogen-bond donors (Lipinski definition) is 0. The number of esters is 4. The Morgan fingerprint density at radius 1 is 0.746 bits per heavy atom. The van der Waals surface area contributed by atoms with Crippen LogP contribution < -0.4 is 4.74 Å². The van der Waals surface area contributed by atoms with Gasteiger partial charge in [-0.15, -0.1) is 0 Å². The van der Waals surface area contributed by atoms with Crippen molar-refractivity contribution in [1.29, 1.82) is 0 Å². The summed E-state index contributed by atoms with van der Waals surface area (Å²) in [5, 5.41) is 0. The van der Waals surface area contributed by atoms with Crippen LogP contribution in [-0.4, -0.2) is 47.6 Å². The third kappa shape index (κ3) is 7.70. The highest BCUT2D eigenvalue weighted by atomic mass is 32.2. The predicted octanol–water partition coefficient (Wildman–Crippen LogP) is 9.63. The van der Waals surface area contributed by atoms with Gasteiger partial charge in [-0.25, -0.2) is 4.79 Å². The highest BCUT2D eigenvalue weighted by Gasteiger charge is 2.71. The molecule has 59 heavy (non-hydrogen) atoms. The highest BCUT2D eigenvalue weighted by molar-refractivity contribution is 7.97. The molecule has 6 atom stereocenters. The van der Waals surface area contributed by atoms with Gasteiger partial charge in [0.1, 0.15) is 23.6 Å². The van der Waals surface area contributed by atoms with Gasteiger partial charge < -0.3 is 18.9 Å². The molecule has 6 unspecified atom stereocenters. The van der Waals surface area contributed by atoms with Crippen LogP contribution in [0.2, 0.25) is 0 Å². The predicted molar refractivity (Wildman–Crippen MR) is 216 cm³/mol. The molecule has 0 aromatic heterocycles. The molecule has 7 fully saturated rings. The van der Waals surface area contributed by atoms with Gasteiger partial charge >= 0.3 is 29.8 Å². The lowest BCUT2D eigenvalue weighted by Crippen LogP contribution is -2.60. The quantitative estimate of drug-likeness (QED) is 0.0815. The van der Waals surface area contributed by atoms with Crippen LogP contribution in [0.25, 0.3) is 0 Å². The fraction of sp³-hybridized carbons (Fsp3) is 0.542. The smallest absolute Gasteiger partial charge is 0.377 e. The van der Waals surface area contributed by atoms with Gasteiger partial charge in [0, 0.05) is 18.8 Å². The lowest BCUT2D eigenvalue weighted by atomic mass is 9.49. The average molecular weight is 830 g/mol. The summed E-state index contributed by atoms with van der Waals surface area (Å²) >= 11 is 0. The lowest BCUT2D eigenvalue weighted by molar-refractivity contribution is -0.218. The van der Waals surface area contributed by atoms with E-state index in [-0.39, 0.29) is 22.8 Å². The second-order valence-corrected chi connectivity index (χ2v) is 20.4. The molecular weight excluding hydrogens is 775 g/mol. The van der Waals surface area contributed by atoms with E-state index in [4.69, 9.17) is 18.9 Å². The number of carbonyl (C=O) groups is 4. The van der Waals surface area contributed by atoms with E-state index in [1.54, 1.807) is 0 Å². The number of hydrogen-bond acceptors (Lipinski definition) is 8. The Morgan fingerprint density at radius 3 is 1.80 bits per heavy atom. The van der Waals surface area contributed by atoms with Crippen molar-refractivity contribution >= 4 is 34.8 Å². The Kier molecular flexibility index (Phi) is 11.2. The van der Waals surface area contributed by atoms with E-state index in [0.29, 0.717) is 30.9 Å². The van der Waals surface area contributed by atoms with E-state index in [1.807, 2.05) is 45.0 Å². The normalized spacial score (nSPS) is 32.3. The van der Waals surface area contributed by atoms with Crippen molar-refractivity contribution in [2.75, 3.05) is 0 Å². The van der Waals surface area contributed by atoms with Gasteiger partial charge in [0.25, 0.3) is 0 Å². The molecule has 7 aliphatic rings. The Hall–Kier alpha value is -4.25. The third-order valence-corrected chi connectivity index (χ3v) is 16.7. The van der Waals surface area contributed by atoms with Gasteiger partial charge in [0.05, 0.1) is 28.1 Å². The number of fused-ring (bicyclic) bond motifs is 1. The van der Waals surface area contributed by atoms with Gasteiger partial charge in [0.2, 0.25) is 0 Å². The summed E-state index contributed by atoms with van der Waals surface area (Å²) in [4.78, 5) is 54.2. The molecule has 10 rings (SSSR count). The fourth-order valence-electron chi connectivity index (χ4n) is 11.3. The molecule has 3 aromatic carbocycles. The summed E-state index contributed by atoms with van der Waals surface area (Å²) < 4.78 is 49.5. The topological polar surface area (TPSA) is 105 Å². The molecule has 1 heterocycles. The summed E-state index contributed by atoms with van der Waals surface area (Å²) in [6, 6.07) is 28.9. The molecule has 0 N–H and O–H groups in total. The number of ether oxygens (including phenoxy) is 4. The van der Waals surface area contributed by atoms with Crippen LogP contribution >= 0.6 is 0 Å². The number of halogens is 2. The molecule has 6 aliphatic carbocycles. The number of carbonyl (C=O) groups excluding carboxylic acids is 4. The minimum Gasteiger partial charge on any atom is -0.458 e. The van der Waals surface area contributed by atoms with Crippen LogP contribution in [0.4, 0.5) is 8.78 Å². The van der Waals surface area contributed by atoms with Crippen LogP contribution in [0, 0.1) is 52.8 Å². The molecule has 6 bridgehead atoms. The SMILES string of the molecule is CCC(C)(C)C(=O)Oc1ccc([S+](c2ccccc2)c2ccccc2)cc1.CCC1(OC(=O)C2C3CC4C(OC(=O)C42)C3OC(=O)C(C)(F)F)C2CC3CC(C2)CC1C3. The summed E-state index contributed by atoms with van der Waals surface area (Å²) in [7, 11) is -0.195. The first kappa shape index (κ1) is 41.5. The number of alkyl halides is 2. The molecule has 0 radical (unpaired) electrons. The molecule has 0 spiro atoms. The van der Waals surface area contributed by atoms with Crippen LogP contribution in [0.1, 0.15) is 86.0 Å². The van der Waals surface area contributed by atoms with E-state index >= 15 is 0 Å². The maximum absolute atomic E-state index is 13.6. The minimum atomic E-state index is -3.65. The van der Waals surface area contributed by atoms with Crippen LogP contribution in [0.5, 0.6) is 5.75 Å². The summed E-state index contributed by atoms with van der Waals surface area (Å²) in [5.74, 6) is -5.90. The Labute approximate surface area is 348 Å². The largest absolute Gasteiger partial charge is 0.458 e. The average Bonchev–Trinajstić information content (AvgIpc) is 3.85. The molecule has 3 aromatic rings. The Morgan fingerprint density at radius 2 is 1.29 bits per heavy atom. The van der Waals surface area contributed by atoms with Crippen LogP contribution in [0.3, 0.4) is 0 Å². The van der Waals surface area contributed by atoms with Gasteiger partial charge in [-0.1, -0.05) is 50.2 Å².